The van der Waals surface area contributed by atoms with E-state index in [1.807, 2.05) is 13.0 Å². The highest BCUT2D eigenvalue weighted by molar-refractivity contribution is 7.98. The number of aryl methyl sites for hydroxylation is 1. The number of carbonyl (C=O) groups is 2. The van der Waals surface area contributed by atoms with Crippen LogP contribution in [0.4, 0.5) is 19.3 Å². The second-order valence-corrected chi connectivity index (χ2v) is 13.0. The predicted molar refractivity (Wildman–Crippen MR) is 186 cm³/mol. The molecule has 1 N–H and O–H groups in total. The van der Waals surface area contributed by atoms with Crippen LogP contribution in [0.15, 0.2) is 95.1 Å². The minimum Gasteiger partial charge on any atom is -0.454 e. The van der Waals surface area contributed by atoms with E-state index in [-0.39, 0.29) is 22.7 Å². The highest BCUT2D eigenvalue weighted by Gasteiger charge is 2.22. The van der Waals surface area contributed by atoms with Gasteiger partial charge in [-0.1, -0.05) is 0 Å². The predicted octanol–water partition coefficient (Wildman–Crippen LogP) is 7.90. The molecule has 6 aromatic rings. The molecule has 3 aromatic heterocycles. The van der Waals surface area contributed by atoms with Gasteiger partial charge in [-0.3, -0.25) is 18.8 Å². The van der Waals surface area contributed by atoms with Gasteiger partial charge in [-0.25, -0.2) is 13.6 Å². The summed E-state index contributed by atoms with van der Waals surface area (Å²) in [4.78, 5) is 39.3. The summed E-state index contributed by atoms with van der Waals surface area (Å²) >= 11 is 1.29. The van der Waals surface area contributed by atoms with Crippen LogP contribution < -0.4 is 15.6 Å². The Kier molecular flexibility index (Phi) is 9.30. The van der Waals surface area contributed by atoms with Crippen LogP contribution in [0.25, 0.3) is 27.7 Å². The van der Waals surface area contributed by atoms with Crippen molar-refractivity contribution in [1.29, 1.82) is 0 Å². The molecule has 0 aliphatic carbocycles. The summed E-state index contributed by atoms with van der Waals surface area (Å²) in [5.41, 5.74) is 0.762. The average Bonchev–Trinajstić information content (AvgIpc) is 3.72. The number of fused-ring (bicyclic) bond motifs is 1. The molecule has 6 rings (SSSR count). The van der Waals surface area contributed by atoms with E-state index in [0.717, 1.165) is 21.7 Å². The molecule has 0 saturated heterocycles. The molecule has 0 spiro atoms. The molecule has 256 valence electrons. The number of halogens is 2. The van der Waals surface area contributed by atoms with Crippen molar-refractivity contribution in [2.24, 2.45) is 0 Å². The van der Waals surface area contributed by atoms with Crippen LogP contribution in [-0.2, 0) is 11.3 Å². The van der Waals surface area contributed by atoms with Crippen LogP contribution in [-0.4, -0.2) is 48.0 Å². The van der Waals surface area contributed by atoms with E-state index in [0.29, 0.717) is 28.4 Å². The van der Waals surface area contributed by atoms with Gasteiger partial charge >= 0.3 is 6.09 Å². The fourth-order valence-corrected chi connectivity index (χ4v) is 5.78. The van der Waals surface area contributed by atoms with Crippen LogP contribution in [0, 0.1) is 11.6 Å². The zero-order valence-electron chi connectivity index (χ0n) is 27.7. The van der Waals surface area contributed by atoms with Gasteiger partial charge < -0.3 is 14.8 Å². The molecule has 1 amide bonds. The molecule has 0 unspecified atom stereocenters. The van der Waals surface area contributed by atoms with Crippen molar-refractivity contribution in [2.75, 3.05) is 11.6 Å². The first-order valence-electron chi connectivity index (χ1n) is 15.5. The Balaban J connectivity index is 1.29. The molecule has 0 saturated carbocycles. The minimum atomic E-state index is -0.788. The summed E-state index contributed by atoms with van der Waals surface area (Å²) < 4.78 is 44.8. The standard InChI is InChI=1S/C36H32F2N6O5S/c1-6-42-29-17-27(22-19-40-43(20-22)35(47)49-36(2,3)4)31(15-21(29)18-39-42)48-30-13-9-24(16-28(30)38)41-33(45)26-12-14-32(50-5)44(34(26)46)25-10-7-23(37)8-11-25/h7-20H,6H2,1-5H3,(H,41,45). The summed E-state index contributed by atoms with van der Waals surface area (Å²) in [6, 6.07) is 15.7. The number of anilines is 1. The number of nitrogens with one attached hydrogen (secondary N) is 1. The largest absolute Gasteiger partial charge is 0.454 e. The molecule has 0 atom stereocenters. The first kappa shape index (κ1) is 34.1. The van der Waals surface area contributed by atoms with Gasteiger partial charge in [0, 0.05) is 46.7 Å². The van der Waals surface area contributed by atoms with Crippen molar-refractivity contribution in [2.45, 2.75) is 44.9 Å². The fourth-order valence-electron chi connectivity index (χ4n) is 5.20. The monoisotopic (exact) mass is 698 g/mol. The molecule has 50 heavy (non-hydrogen) atoms. The molecule has 0 fully saturated rings. The SMILES string of the molecule is CCn1ncc2cc(Oc3ccc(NC(=O)c4ccc(SC)n(-c5ccc(F)cc5)c4=O)cc3F)c(-c3cnn(C(=O)OC(C)(C)C)c3)cc21. The number of benzene rings is 3. The summed E-state index contributed by atoms with van der Waals surface area (Å²) in [6.45, 7) is 7.81. The van der Waals surface area contributed by atoms with E-state index in [2.05, 4.69) is 15.5 Å². The summed E-state index contributed by atoms with van der Waals surface area (Å²) in [5, 5.41) is 12.4. The number of amides is 1. The lowest BCUT2D eigenvalue weighted by Crippen LogP contribution is -2.29. The number of pyridine rings is 1. The van der Waals surface area contributed by atoms with Crippen molar-refractivity contribution in [1.82, 2.24) is 24.1 Å². The van der Waals surface area contributed by atoms with Crippen molar-refractivity contribution in [3.63, 3.8) is 0 Å². The van der Waals surface area contributed by atoms with E-state index in [1.165, 1.54) is 71.2 Å². The molecule has 0 aliphatic rings. The molecule has 0 aliphatic heterocycles. The van der Waals surface area contributed by atoms with Gasteiger partial charge in [0.1, 0.15) is 22.7 Å². The molecule has 11 nitrogen and oxygen atoms in total. The second kappa shape index (κ2) is 13.6. The zero-order chi connectivity index (χ0) is 35.7. The van der Waals surface area contributed by atoms with Gasteiger partial charge in [-0.2, -0.15) is 14.9 Å². The van der Waals surface area contributed by atoms with Crippen LogP contribution in [0.3, 0.4) is 0 Å². The quantitative estimate of drug-likeness (QED) is 0.159. The van der Waals surface area contributed by atoms with Crippen molar-refractivity contribution in [3.8, 4) is 28.3 Å². The number of nitrogens with zero attached hydrogens (tertiary/aromatic N) is 5. The van der Waals surface area contributed by atoms with E-state index < -0.39 is 34.8 Å². The Morgan fingerprint density at radius 2 is 1.70 bits per heavy atom. The third-order valence-electron chi connectivity index (χ3n) is 7.51. The smallest absolute Gasteiger partial charge is 0.435 e. The second-order valence-electron chi connectivity index (χ2n) is 12.1. The molecule has 0 bridgehead atoms. The Hall–Kier alpha value is -5.76. The van der Waals surface area contributed by atoms with Crippen LogP contribution >= 0.6 is 11.8 Å². The number of carbonyl (C=O) groups excluding carboxylic acids is 2. The topological polar surface area (TPSA) is 122 Å². The van der Waals surface area contributed by atoms with Crippen molar-refractivity contribution in [3.05, 3.63) is 113 Å². The number of aromatic nitrogens is 5. The Morgan fingerprint density at radius 3 is 2.38 bits per heavy atom. The van der Waals surface area contributed by atoms with Gasteiger partial charge in [-0.15, -0.1) is 11.8 Å². The van der Waals surface area contributed by atoms with Crippen molar-refractivity contribution >= 4 is 40.4 Å². The van der Waals surface area contributed by atoms with Gasteiger partial charge in [0.2, 0.25) is 0 Å². The first-order valence-corrected chi connectivity index (χ1v) is 16.7. The Labute approximate surface area is 289 Å². The van der Waals surface area contributed by atoms with E-state index in [9.17, 15) is 18.8 Å². The molecular formula is C36H32F2N6O5S. The van der Waals surface area contributed by atoms with E-state index in [4.69, 9.17) is 9.47 Å². The Bertz CT molecular complexity index is 2310. The molecular weight excluding hydrogens is 666 g/mol. The molecule has 3 aromatic carbocycles. The first-order chi connectivity index (χ1) is 23.8. The summed E-state index contributed by atoms with van der Waals surface area (Å²) in [6.07, 6.45) is 5.76. The third-order valence-corrected chi connectivity index (χ3v) is 8.25. The third kappa shape index (κ3) is 7.01. The lowest BCUT2D eigenvalue weighted by atomic mass is 10.1. The highest BCUT2D eigenvalue weighted by Crippen LogP contribution is 2.38. The summed E-state index contributed by atoms with van der Waals surface area (Å²) in [5.74, 6) is -1.88. The maximum atomic E-state index is 15.6. The molecule has 0 radical (unpaired) electrons. The van der Waals surface area contributed by atoms with E-state index in [1.54, 1.807) is 50.0 Å². The Morgan fingerprint density at radius 1 is 0.940 bits per heavy atom. The summed E-state index contributed by atoms with van der Waals surface area (Å²) in [7, 11) is 0. The minimum absolute atomic E-state index is 0.0834. The number of thioether (sulfide) groups is 1. The highest BCUT2D eigenvalue weighted by atomic mass is 32.2. The number of hydrogen-bond acceptors (Lipinski definition) is 8. The van der Waals surface area contributed by atoms with Crippen LogP contribution in [0.5, 0.6) is 11.5 Å². The van der Waals surface area contributed by atoms with Gasteiger partial charge in [-0.05, 0) is 94.6 Å². The van der Waals surface area contributed by atoms with Gasteiger partial charge in [0.25, 0.3) is 11.5 Å². The number of rotatable bonds is 8. The molecule has 3 heterocycles. The number of ether oxygens (including phenoxy) is 2. The molecule has 14 heteroatoms. The van der Waals surface area contributed by atoms with Crippen LogP contribution in [0.1, 0.15) is 38.1 Å². The van der Waals surface area contributed by atoms with Crippen LogP contribution in [0.2, 0.25) is 0 Å². The maximum Gasteiger partial charge on any atom is 0.435 e. The lowest BCUT2D eigenvalue weighted by Gasteiger charge is -2.18. The van der Waals surface area contributed by atoms with Crippen molar-refractivity contribution < 1.29 is 27.8 Å². The lowest BCUT2D eigenvalue weighted by molar-refractivity contribution is 0.0514. The maximum absolute atomic E-state index is 15.6. The number of hydrogen-bond donors (Lipinski definition) is 1. The van der Waals surface area contributed by atoms with Gasteiger partial charge in [0.15, 0.2) is 11.6 Å². The van der Waals surface area contributed by atoms with E-state index >= 15 is 4.39 Å². The fraction of sp³-hybridized carbons (Fsp3) is 0.194. The zero-order valence-corrected chi connectivity index (χ0v) is 28.5. The van der Waals surface area contributed by atoms with Gasteiger partial charge in [0.05, 0.1) is 22.9 Å². The average molecular weight is 699 g/mol. The normalized spacial score (nSPS) is 11.5.